The van der Waals surface area contributed by atoms with E-state index in [2.05, 4.69) is 36.8 Å². The molecule has 0 spiro atoms. The van der Waals surface area contributed by atoms with Crippen LogP contribution in [0.2, 0.25) is 0 Å². The van der Waals surface area contributed by atoms with Crippen molar-refractivity contribution in [3.8, 4) is 0 Å². The lowest BCUT2D eigenvalue weighted by Gasteiger charge is -2.03. The number of ketones is 1. The average Bonchev–Trinajstić information content (AvgIpc) is 2.82. The summed E-state index contributed by atoms with van der Waals surface area (Å²) in [6.45, 7) is 0. The summed E-state index contributed by atoms with van der Waals surface area (Å²) >= 11 is 6.69. The fourth-order valence-electron chi connectivity index (χ4n) is 2.16. The minimum Gasteiger partial charge on any atom is -0.360 e. The molecule has 0 saturated heterocycles. The van der Waals surface area contributed by atoms with Gasteiger partial charge in [-0.15, -0.1) is 0 Å². The van der Waals surface area contributed by atoms with Gasteiger partial charge in [-0.2, -0.15) is 0 Å². The third-order valence-electron chi connectivity index (χ3n) is 3.02. The Bertz CT molecular complexity index is 806. The fourth-order valence-corrected chi connectivity index (χ4v) is 3.45. The normalized spacial score (nSPS) is 10.9. The number of carbonyl (C=O) groups excluding carboxylic acids is 1. The molecule has 0 unspecified atom stereocenters. The lowest BCUT2D eigenvalue weighted by Crippen LogP contribution is -2.01. The highest BCUT2D eigenvalue weighted by Crippen LogP contribution is 2.26. The van der Waals surface area contributed by atoms with Crippen LogP contribution in [0.3, 0.4) is 0 Å². The summed E-state index contributed by atoms with van der Waals surface area (Å²) in [5.74, 6) is -0.621. The van der Waals surface area contributed by atoms with Gasteiger partial charge in [0, 0.05) is 31.6 Å². The summed E-state index contributed by atoms with van der Waals surface area (Å²) in [6.07, 6.45) is 1.55. The summed E-state index contributed by atoms with van der Waals surface area (Å²) in [6, 6.07) is 9.97. The van der Waals surface area contributed by atoms with E-state index in [1.807, 2.05) is 6.07 Å². The van der Waals surface area contributed by atoms with E-state index >= 15 is 0 Å². The van der Waals surface area contributed by atoms with Gasteiger partial charge >= 0.3 is 0 Å². The van der Waals surface area contributed by atoms with Crippen LogP contribution in [-0.2, 0) is 0 Å². The molecule has 2 nitrogen and oxygen atoms in total. The Balaban J connectivity index is 2.18. The Morgan fingerprint density at radius 2 is 1.80 bits per heavy atom. The summed E-state index contributed by atoms with van der Waals surface area (Å²) in [4.78, 5) is 15.5. The Hall–Kier alpha value is -1.46. The number of hydrogen-bond donors (Lipinski definition) is 1. The topological polar surface area (TPSA) is 32.9 Å². The smallest absolute Gasteiger partial charge is 0.195 e. The van der Waals surface area contributed by atoms with Gasteiger partial charge in [0.1, 0.15) is 5.82 Å². The van der Waals surface area contributed by atoms with Gasteiger partial charge < -0.3 is 4.98 Å². The largest absolute Gasteiger partial charge is 0.360 e. The van der Waals surface area contributed by atoms with Gasteiger partial charge in [-0.3, -0.25) is 4.79 Å². The number of H-pyrrole nitrogens is 1. The van der Waals surface area contributed by atoms with Crippen molar-refractivity contribution in [2.75, 3.05) is 0 Å². The van der Waals surface area contributed by atoms with Crippen LogP contribution in [0.25, 0.3) is 10.9 Å². The highest BCUT2D eigenvalue weighted by atomic mass is 79.9. The predicted molar refractivity (Wildman–Crippen MR) is 83.5 cm³/mol. The van der Waals surface area contributed by atoms with Crippen molar-refractivity contribution < 1.29 is 9.18 Å². The maximum absolute atomic E-state index is 13.9. The number of rotatable bonds is 2. The summed E-state index contributed by atoms with van der Waals surface area (Å²) < 4.78 is 15.5. The van der Waals surface area contributed by atoms with E-state index in [4.69, 9.17) is 0 Å². The minimum absolute atomic E-state index is 0.219. The lowest BCUT2D eigenvalue weighted by molar-refractivity contribution is 0.104. The van der Waals surface area contributed by atoms with Gasteiger partial charge in [0.05, 0.1) is 5.56 Å². The fraction of sp³-hybridized carbons (Fsp3) is 0. The maximum atomic E-state index is 13.9. The summed E-state index contributed by atoms with van der Waals surface area (Å²) in [5, 5.41) is 0.327. The molecular formula is C15H8Br2FNO. The number of nitrogens with one attached hydrogen (secondary N) is 1. The van der Waals surface area contributed by atoms with Gasteiger partial charge in [-0.05, 0) is 30.3 Å². The first kappa shape index (κ1) is 13.5. The van der Waals surface area contributed by atoms with Crippen LogP contribution >= 0.6 is 31.9 Å². The van der Waals surface area contributed by atoms with Crippen LogP contribution in [0.4, 0.5) is 4.39 Å². The second-order valence-corrected chi connectivity index (χ2v) is 6.18. The zero-order valence-electron chi connectivity index (χ0n) is 10.1. The number of halogens is 3. The second kappa shape index (κ2) is 5.14. The molecule has 5 heteroatoms. The first-order valence-electron chi connectivity index (χ1n) is 5.82. The van der Waals surface area contributed by atoms with Crippen molar-refractivity contribution in [2.24, 2.45) is 0 Å². The molecule has 0 radical (unpaired) electrons. The van der Waals surface area contributed by atoms with Crippen LogP contribution in [0, 0.1) is 5.82 Å². The van der Waals surface area contributed by atoms with Crippen LogP contribution in [0.1, 0.15) is 15.9 Å². The molecule has 1 aromatic heterocycles. The van der Waals surface area contributed by atoms with Gasteiger partial charge in [0.15, 0.2) is 5.78 Å². The zero-order valence-corrected chi connectivity index (χ0v) is 13.3. The van der Waals surface area contributed by atoms with E-state index < -0.39 is 5.82 Å². The Kier molecular flexibility index (Phi) is 3.48. The number of aromatic amines is 1. The number of benzene rings is 2. The number of fused-ring (bicyclic) bond motifs is 1. The van der Waals surface area contributed by atoms with Crippen LogP contribution in [0.5, 0.6) is 0 Å². The first-order chi connectivity index (χ1) is 9.56. The average molecular weight is 397 g/mol. The molecule has 0 aliphatic carbocycles. The zero-order chi connectivity index (χ0) is 14.3. The molecular weight excluding hydrogens is 389 g/mol. The van der Waals surface area contributed by atoms with E-state index in [9.17, 15) is 9.18 Å². The molecule has 1 heterocycles. The summed E-state index contributed by atoms with van der Waals surface area (Å²) in [5.41, 5.74) is 1.45. The minimum atomic E-state index is -0.402. The second-order valence-electron chi connectivity index (χ2n) is 4.35. The van der Waals surface area contributed by atoms with E-state index in [1.54, 1.807) is 30.5 Å². The van der Waals surface area contributed by atoms with E-state index in [1.165, 1.54) is 6.07 Å². The molecule has 0 fully saturated rings. The van der Waals surface area contributed by atoms with Crippen molar-refractivity contribution in [1.29, 1.82) is 0 Å². The number of aromatic nitrogens is 1. The molecule has 100 valence electrons. The first-order valence-corrected chi connectivity index (χ1v) is 7.41. The molecule has 0 amide bonds. The van der Waals surface area contributed by atoms with E-state index in [0.29, 0.717) is 22.0 Å². The van der Waals surface area contributed by atoms with Crippen LogP contribution in [-0.4, -0.2) is 10.8 Å². The molecule has 0 saturated carbocycles. The highest BCUT2D eigenvalue weighted by molar-refractivity contribution is 9.11. The number of hydrogen-bond acceptors (Lipinski definition) is 1. The van der Waals surface area contributed by atoms with Gasteiger partial charge in [-0.1, -0.05) is 37.9 Å². The van der Waals surface area contributed by atoms with Crippen molar-refractivity contribution in [3.05, 3.63) is 68.5 Å². The quantitative estimate of drug-likeness (QED) is 0.603. The van der Waals surface area contributed by atoms with Crippen molar-refractivity contribution in [3.63, 3.8) is 0 Å². The van der Waals surface area contributed by atoms with Gasteiger partial charge in [-0.25, -0.2) is 4.39 Å². The molecule has 1 N–H and O–H groups in total. The Labute approximate surface area is 131 Å². The summed E-state index contributed by atoms with van der Waals surface area (Å²) in [7, 11) is 0. The van der Waals surface area contributed by atoms with Gasteiger partial charge in [0.2, 0.25) is 0 Å². The van der Waals surface area contributed by atoms with Crippen LogP contribution in [0.15, 0.2) is 51.5 Å². The van der Waals surface area contributed by atoms with Gasteiger partial charge in [0.25, 0.3) is 0 Å². The van der Waals surface area contributed by atoms with E-state index in [0.717, 1.165) is 8.95 Å². The Morgan fingerprint density at radius 3 is 2.50 bits per heavy atom. The molecule has 0 atom stereocenters. The third kappa shape index (κ3) is 2.31. The standard InChI is InChI=1S/C15H8Br2FNO/c16-9-4-8(5-10(17)6-9)15(20)11-7-19-13-3-1-2-12(18)14(11)13/h1-7,19H. The molecule has 0 bridgehead atoms. The van der Waals surface area contributed by atoms with Crippen molar-refractivity contribution >= 4 is 48.5 Å². The third-order valence-corrected chi connectivity index (χ3v) is 3.94. The molecule has 20 heavy (non-hydrogen) atoms. The molecule has 0 aliphatic rings. The predicted octanol–water partition coefficient (Wildman–Crippen LogP) is 5.06. The molecule has 2 aromatic carbocycles. The lowest BCUT2D eigenvalue weighted by atomic mass is 10.0. The van der Waals surface area contributed by atoms with Crippen molar-refractivity contribution in [2.45, 2.75) is 0 Å². The molecule has 0 aliphatic heterocycles. The van der Waals surface area contributed by atoms with Crippen molar-refractivity contribution in [1.82, 2.24) is 4.98 Å². The monoisotopic (exact) mass is 395 g/mol. The van der Waals surface area contributed by atoms with Crippen LogP contribution < -0.4 is 0 Å². The number of carbonyl (C=O) groups is 1. The Morgan fingerprint density at radius 1 is 1.10 bits per heavy atom. The highest BCUT2D eigenvalue weighted by Gasteiger charge is 2.17. The SMILES string of the molecule is O=C(c1cc(Br)cc(Br)c1)c1c[nH]c2cccc(F)c12. The molecule has 3 rings (SSSR count). The van der Waals surface area contributed by atoms with E-state index in [-0.39, 0.29) is 5.78 Å². The maximum Gasteiger partial charge on any atom is 0.195 e. The molecule has 3 aromatic rings.